The molecule has 0 heterocycles. The number of hydrogen-bond donors (Lipinski definition) is 2. The van der Waals surface area contributed by atoms with Crippen molar-refractivity contribution in [3.63, 3.8) is 0 Å². The van der Waals surface area contributed by atoms with Gasteiger partial charge in [-0.2, -0.15) is 13.2 Å². The normalized spacial score (nSPS) is 11.1. The zero-order chi connectivity index (χ0) is 24.6. The first kappa shape index (κ1) is 26.0. The van der Waals surface area contributed by atoms with Crippen LogP contribution in [0.1, 0.15) is 28.4 Å². The highest BCUT2D eigenvalue weighted by Gasteiger charge is 2.33. The molecule has 2 aromatic rings. The lowest BCUT2D eigenvalue weighted by atomic mass is 10.1. The number of halogens is 3. The maximum Gasteiger partial charge on any atom is 0.416 e. The van der Waals surface area contributed by atoms with E-state index in [1.54, 1.807) is 18.2 Å². The maximum absolute atomic E-state index is 12.8. The minimum atomic E-state index is -4.69. The number of amides is 1. The van der Waals surface area contributed by atoms with Gasteiger partial charge in [-0.3, -0.25) is 19.7 Å². The Kier molecular flexibility index (Phi) is 9.09. The van der Waals surface area contributed by atoms with Gasteiger partial charge in [-0.15, -0.1) is 11.8 Å². The Morgan fingerprint density at radius 1 is 1.15 bits per heavy atom. The minimum absolute atomic E-state index is 0.0749. The minimum Gasteiger partial charge on any atom is -0.496 e. The number of hydrogen-bond acceptors (Lipinski definition) is 7. The van der Waals surface area contributed by atoms with Gasteiger partial charge in [0.2, 0.25) is 5.91 Å². The smallest absolute Gasteiger partial charge is 0.416 e. The first-order chi connectivity index (χ1) is 15.5. The predicted molar refractivity (Wildman–Crippen MR) is 119 cm³/mol. The van der Waals surface area contributed by atoms with Crippen LogP contribution in [0.2, 0.25) is 0 Å². The van der Waals surface area contributed by atoms with Crippen LogP contribution >= 0.6 is 11.8 Å². The number of alkyl halides is 3. The van der Waals surface area contributed by atoms with Crippen molar-refractivity contribution in [3.8, 4) is 5.75 Å². The molecule has 0 fully saturated rings. The molecule has 33 heavy (non-hydrogen) atoms. The molecule has 0 radical (unpaired) electrons. The molecule has 0 saturated heterocycles. The highest BCUT2D eigenvalue weighted by molar-refractivity contribution is 7.99. The number of ether oxygens (including phenoxy) is 1. The van der Waals surface area contributed by atoms with Crippen molar-refractivity contribution in [2.45, 2.75) is 18.9 Å². The molecule has 0 aromatic heterocycles. The van der Waals surface area contributed by atoms with E-state index >= 15 is 0 Å². The lowest BCUT2D eigenvalue weighted by Crippen LogP contribution is -2.30. The van der Waals surface area contributed by atoms with Crippen molar-refractivity contribution in [1.82, 2.24) is 5.32 Å². The number of benzene rings is 2. The van der Waals surface area contributed by atoms with E-state index in [0.29, 0.717) is 23.1 Å². The summed E-state index contributed by atoms with van der Waals surface area (Å²) in [4.78, 5) is 33.7. The molecule has 2 rings (SSSR count). The maximum atomic E-state index is 12.8. The van der Waals surface area contributed by atoms with Crippen LogP contribution in [-0.2, 0) is 16.7 Å². The van der Waals surface area contributed by atoms with Crippen molar-refractivity contribution in [3.05, 3.63) is 63.2 Å². The van der Waals surface area contributed by atoms with E-state index < -0.39 is 22.4 Å². The van der Waals surface area contributed by atoms with Crippen LogP contribution in [0.4, 0.5) is 24.5 Å². The second-order valence-corrected chi connectivity index (χ2v) is 7.82. The van der Waals surface area contributed by atoms with Crippen LogP contribution in [0.3, 0.4) is 0 Å². The van der Waals surface area contributed by atoms with Gasteiger partial charge in [0.15, 0.2) is 5.78 Å². The molecular weight excluding hydrogens is 463 g/mol. The molecule has 2 aromatic carbocycles. The van der Waals surface area contributed by atoms with E-state index in [2.05, 4.69) is 10.6 Å². The summed E-state index contributed by atoms with van der Waals surface area (Å²) in [6, 6.07) is 7.27. The Balaban J connectivity index is 1.82. The third-order valence-electron chi connectivity index (χ3n) is 4.46. The number of ketones is 1. The highest BCUT2D eigenvalue weighted by Crippen LogP contribution is 2.34. The van der Waals surface area contributed by atoms with E-state index in [1.807, 2.05) is 0 Å². The summed E-state index contributed by atoms with van der Waals surface area (Å²) < 4.78 is 43.5. The summed E-state index contributed by atoms with van der Waals surface area (Å²) in [5.41, 5.74) is -0.573. The van der Waals surface area contributed by atoms with Gasteiger partial charge in [-0.05, 0) is 37.3 Å². The molecule has 0 saturated carbocycles. The summed E-state index contributed by atoms with van der Waals surface area (Å²) >= 11 is 1.31. The van der Waals surface area contributed by atoms with E-state index in [9.17, 15) is 32.9 Å². The molecule has 0 unspecified atom stereocenters. The number of carbonyl (C=O) groups excluding carboxylic acids is 2. The number of rotatable bonds is 11. The van der Waals surface area contributed by atoms with Gasteiger partial charge >= 0.3 is 6.18 Å². The summed E-state index contributed by atoms with van der Waals surface area (Å²) in [5, 5.41) is 16.4. The summed E-state index contributed by atoms with van der Waals surface area (Å²) in [6.07, 6.45) is -4.69. The number of nitrogens with zero attached hydrogens (tertiary/aromatic N) is 1. The van der Waals surface area contributed by atoms with E-state index in [4.69, 9.17) is 4.74 Å². The molecule has 12 heteroatoms. The topological polar surface area (TPSA) is 111 Å². The molecule has 0 aliphatic rings. The van der Waals surface area contributed by atoms with Gasteiger partial charge in [0.1, 0.15) is 11.4 Å². The SMILES string of the molecule is COc1ccc(C(C)=O)cc1CSCC(=O)NCCNc1ccc(C(F)(F)F)cc1[N+](=O)[O-]. The lowest BCUT2D eigenvalue weighted by Gasteiger charge is -2.11. The van der Waals surface area contributed by atoms with Gasteiger partial charge in [0, 0.05) is 36.0 Å². The fourth-order valence-corrected chi connectivity index (χ4v) is 3.66. The summed E-state index contributed by atoms with van der Waals surface area (Å²) in [7, 11) is 1.51. The van der Waals surface area contributed by atoms with Gasteiger partial charge < -0.3 is 15.4 Å². The standard InChI is InChI=1S/C21H22F3N3O5S/c1-13(28)14-3-6-19(32-2)15(9-14)11-33-12-20(29)26-8-7-25-17-5-4-16(21(22,23)24)10-18(17)27(30)31/h3-6,9-10,25H,7-8,11-12H2,1-2H3,(H,26,29). The molecule has 178 valence electrons. The second-order valence-electron chi connectivity index (χ2n) is 6.84. The number of Topliss-reactive ketones (excluding diaryl/α,β-unsaturated/α-hetero) is 1. The van der Waals surface area contributed by atoms with E-state index in [-0.39, 0.29) is 36.2 Å². The van der Waals surface area contributed by atoms with E-state index in [1.165, 1.54) is 25.8 Å². The summed E-state index contributed by atoms with van der Waals surface area (Å²) in [5.74, 6) is 0.796. The van der Waals surface area contributed by atoms with Gasteiger partial charge in [-0.1, -0.05) is 0 Å². The van der Waals surface area contributed by atoms with Gasteiger partial charge in [-0.25, -0.2) is 0 Å². The number of nitrogens with one attached hydrogen (secondary N) is 2. The van der Waals surface area contributed by atoms with Crippen LogP contribution in [-0.4, -0.2) is 42.6 Å². The molecular formula is C21H22F3N3O5S. The van der Waals surface area contributed by atoms with Crippen LogP contribution in [0.5, 0.6) is 5.75 Å². The second kappa shape index (κ2) is 11.5. The first-order valence-electron chi connectivity index (χ1n) is 9.64. The average Bonchev–Trinajstić information content (AvgIpc) is 2.75. The molecule has 0 bridgehead atoms. The summed E-state index contributed by atoms with van der Waals surface area (Å²) in [6.45, 7) is 1.65. The number of nitro benzene ring substituents is 1. The van der Waals surface area contributed by atoms with Crippen molar-refractivity contribution < 1.29 is 32.4 Å². The number of anilines is 1. The predicted octanol–water partition coefficient (Wildman–Crippen LogP) is 4.29. The van der Waals surface area contributed by atoms with Crippen molar-refractivity contribution in [2.24, 2.45) is 0 Å². The number of nitro groups is 1. The van der Waals surface area contributed by atoms with Crippen molar-refractivity contribution >= 4 is 34.8 Å². The molecule has 0 aliphatic carbocycles. The monoisotopic (exact) mass is 485 g/mol. The molecule has 0 aliphatic heterocycles. The van der Waals surface area contributed by atoms with Gasteiger partial charge in [0.25, 0.3) is 5.69 Å². The lowest BCUT2D eigenvalue weighted by molar-refractivity contribution is -0.384. The Morgan fingerprint density at radius 2 is 1.88 bits per heavy atom. The van der Waals surface area contributed by atoms with E-state index in [0.717, 1.165) is 17.7 Å². The van der Waals surface area contributed by atoms with Crippen molar-refractivity contribution in [1.29, 1.82) is 0 Å². The quantitative estimate of drug-likeness (QED) is 0.211. The zero-order valence-electron chi connectivity index (χ0n) is 17.8. The fourth-order valence-electron chi connectivity index (χ4n) is 2.82. The number of thioether (sulfide) groups is 1. The van der Waals surface area contributed by atoms with Crippen LogP contribution in [0.25, 0.3) is 0 Å². The first-order valence-corrected chi connectivity index (χ1v) is 10.8. The fraction of sp³-hybridized carbons (Fsp3) is 0.333. The van der Waals surface area contributed by atoms with Crippen LogP contribution < -0.4 is 15.4 Å². The molecule has 0 atom stereocenters. The van der Waals surface area contributed by atoms with Crippen LogP contribution in [0.15, 0.2) is 36.4 Å². The number of methoxy groups -OCH3 is 1. The Morgan fingerprint density at radius 3 is 2.48 bits per heavy atom. The third-order valence-corrected chi connectivity index (χ3v) is 5.44. The highest BCUT2D eigenvalue weighted by atomic mass is 32.2. The van der Waals surface area contributed by atoms with Gasteiger partial charge in [0.05, 0.1) is 23.3 Å². The Hall–Kier alpha value is -3.28. The molecule has 8 nitrogen and oxygen atoms in total. The molecule has 1 amide bonds. The largest absolute Gasteiger partial charge is 0.496 e. The molecule has 0 spiro atoms. The third kappa shape index (κ3) is 7.67. The average molecular weight is 485 g/mol. The number of carbonyl (C=O) groups is 2. The Bertz CT molecular complexity index is 1030. The van der Waals surface area contributed by atoms with Crippen molar-refractivity contribution in [2.75, 3.05) is 31.3 Å². The zero-order valence-corrected chi connectivity index (χ0v) is 18.6. The van der Waals surface area contributed by atoms with Crippen LogP contribution in [0, 0.1) is 10.1 Å². The Labute approximate surface area is 192 Å². The molecule has 2 N–H and O–H groups in total.